The van der Waals surface area contributed by atoms with Crippen molar-refractivity contribution in [3.63, 3.8) is 0 Å². The Kier molecular flexibility index (Phi) is 8.93. The molecule has 0 aliphatic carbocycles. The third kappa shape index (κ3) is 6.17. The molecule has 30 heavy (non-hydrogen) atoms. The average molecular weight is 414 g/mol. The van der Waals surface area contributed by atoms with Crippen LogP contribution in [-0.2, 0) is 11.3 Å². The van der Waals surface area contributed by atoms with Gasteiger partial charge in [-0.1, -0.05) is 48.5 Å². The van der Waals surface area contributed by atoms with Crippen molar-refractivity contribution in [3.05, 3.63) is 48.6 Å². The maximum Gasteiger partial charge on any atom is 0.232 e. The fraction of sp³-hybridized carbons (Fsp3) is 0.542. The van der Waals surface area contributed by atoms with E-state index in [-0.39, 0.29) is 0 Å². The maximum atomic E-state index is 10.5. The summed E-state index contributed by atoms with van der Waals surface area (Å²) >= 11 is 0. The first kappa shape index (κ1) is 22.5. The van der Waals surface area contributed by atoms with E-state index in [9.17, 15) is 5.11 Å². The standard InChI is InChI=1S/C24H35N3O3/c1-3-13-26(17-21(28)19-29-16-4-2)18-22-23(20-11-7-5-8-12-20)25-30-24(22)27-14-9-6-10-15-27/h4-5,7-8,11-12,21,28H,2-3,6,9-10,13-19H2,1H3/t21-/m1/s1. The van der Waals surface area contributed by atoms with Crippen LogP contribution in [-0.4, -0.2) is 60.7 Å². The van der Waals surface area contributed by atoms with Gasteiger partial charge in [0.2, 0.25) is 5.88 Å². The van der Waals surface area contributed by atoms with Crippen molar-refractivity contribution in [3.8, 4) is 11.3 Å². The molecule has 2 heterocycles. The molecule has 1 aliphatic rings. The summed E-state index contributed by atoms with van der Waals surface area (Å²) in [4.78, 5) is 4.60. The van der Waals surface area contributed by atoms with E-state index in [0.29, 0.717) is 26.3 Å². The number of benzene rings is 1. The van der Waals surface area contributed by atoms with Crippen LogP contribution in [0.5, 0.6) is 0 Å². The van der Waals surface area contributed by atoms with E-state index >= 15 is 0 Å². The molecule has 0 bridgehead atoms. The molecule has 1 fully saturated rings. The summed E-state index contributed by atoms with van der Waals surface area (Å²) in [5.74, 6) is 0.882. The SMILES string of the molecule is C=CCOC[C@H](O)CN(CCC)Cc1c(-c2ccccc2)noc1N1CCCCC1. The van der Waals surface area contributed by atoms with Gasteiger partial charge in [-0.05, 0) is 32.2 Å². The van der Waals surface area contributed by atoms with Crippen LogP contribution < -0.4 is 4.90 Å². The largest absolute Gasteiger partial charge is 0.389 e. The van der Waals surface area contributed by atoms with Gasteiger partial charge in [-0.3, -0.25) is 4.90 Å². The van der Waals surface area contributed by atoms with Crippen LogP contribution in [0.3, 0.4) is 0 Å². The van der Waals surface area contributed by atoms with Gasteiger partial charge in [-0.25, -0.2) is 0 Å². The van der Waals surface area contributed by atoms with Crippen LogP contribution in [0, 0.1) is 0 Å². The van der Waals surface area contributed by atoms with E-state index < -0.39 is 6.10 Å². The zero-order valence-electron chi connectivity index (χ0n) is 18.1. The van der Waals surface area contributed by atoms with Gasteiger partial charge in [0.25, 0.3) is 0 Å². The molecule has 1 aromatic heterocycles. The van der Waals surface area contributed by atoms with Crippen molar-refractivity contribution < 1.29 is 14.4 Å². The molecule has 1 saturated heterocycles. The lowest BCUT2D eigenvalue weighted by molar-refractivity contribution is 0.0246. The fourth-order valence-electron chi connectivity index (χ4n) is 4.02. The van der Waals surface area contributed by atoms with Crippen molar-refractivity contribution in [1.29, 1.82) is 0 Å². The van der Waals surface area contributed by atoms with Crippen LogP contribution in [0.15, 0.2) is 47.5 Å². The number of hydrogen-bond acceptors (Lipinski definition) is 6. The minimum atomic E-state index is -0.546. The Labute approximate surface area is 180 Å². The smallest absolute Gasteiger partial charge is 0.232 e. The second-order valence-electron chi connectivity index (χ2n) is 7.94. The van der Waals surface area contributed by atoms with Crippen molar-refractivity contribution in [2.75, 3.05) is 44.3 Å². The Bertz CT molecular complexity index is 756. The molecule has 2 aromatic rings. The number of ether oxygens (including phenoxy) is 1. The highest BCUT2D eigenvalue weighted by atomic mass is 16.5. The topological polar surface area (TPSA) is 62.0 Å². The number of piperidine rings is 1. The van der Waals surface area contributed by atoms with Crippen LogP contribution in [0.2, 0.25) is 0 Å². The van der Waals surface area contributed by atoms with E-state index in [1.54, 1.807) is 6.08 Å². The van der Waals surface area contributed by atoms with E-state index in [0.717, 1.165) is 48.8 Å². The highest BCUT2D eigenvalue weighted by Crippen LogP contribution is 2.33. The summed E-state index contributed by atoms with van der Waals surface area (Å²) in [7, 11) is 0. The second kappa shape index (κ2) is 11.9. The number of hydrogen-bond donors (Lipinski definition) is 1. The summed E-state index contributed by atoms with van der Waals surface area (Å²) in [5.41, 5.74) is 3.07. The Morgan fingerprint density at radius 1 is 1.27 bits per heavy atom. The van der Waals surface area contributed by atoms with Gasteiger partial charge < -0.3 is 19.3 Å². The minimum Gasteiger partial charge on any atom is -0.389 e. The number of aliphatic hydroxyl groups is 1. The van der Waals surface area contributed by atoms with Crippen molar-refractivity contribution in [2.24, 2.45) is 0 Å². The van der Waals surface area contributed by atoms with Crippen molar-refractivity contribution >= 4 is 5.88 Å². The maximum absolute atomic E-state index is 10.5. The predicted molar refractivity (Wildman–Crippen MR) is 121 cm³/mol. The van der Waals surface area contributed by atoms with Crippen molar-refractivity contribution in [1.82, 2.24) is 10.1 Å². The molecule has 1 aromatic carbocycles. The molecule has 0 radical (unpaired) electrons. The molecule has 1 N–H and O–H groups in total. The lowest BCUT2D eigenvalue weighted by Crippen LogP contribution is -2.36. The zero-order valence-corrected chi connectivity index (χ0v) is 18.1. The second-order valence-corrected chi connectivity index (χ2v) is 7.94. The quantitative estimate of drug-likeness (QED) is 0.417. The van der Waals surface area contributed by atoms with Gasteiger partial charge in [0.15, 0.2) is 0 Å². The van der Waals surface area contributed by atoms with Gasteiger partial charge in [-0.15, -0.1) is 6.58 Å². The zero-order chi connectivity index (χ0) is 21.2. The average Bonchev–Trinajstić information content (AvgIpc) is 3.19. The molecule has 3 rings (SSSR count). The molecule has 0 spiro atoms. The Hall–Kier alpha value is -2.15. The number of anilines is 1. The molecular formula is C24H35N3O3. The fourth-order valence-corrected chi connectivity index (χ4v) is 4.02. The lowest BCUT2D eigenvalue weighted by atomic mass is 10.1. The molecule has 0 saturated carbocycles. The van der Waals surface area contributed by atoms with Crippen LogP contribution in [0.25, 0.3) is 11.3 Å². The molecule has 1 aliphatic heterocycles. The normalized spacial score (nSPS) is 15.5. The van der Waals surface area contributed by atoms with Gasteiger partial charge in [0.05, 0.1) is 24.9 Å². The lowest BCUT2D eigenvalue weighted by Gasteiger charge is -2.29. The summed E-state index contributed by atoms with van der Waals surface area (Å²) < 4.78 is 11.3. The Balaban J connectivity index is 1.82. The summed E-state index contributed by atoms with van der Waals surface area (Å²) in [6.45, 7) is 10.7. The Morgan fingerprint density at radius 2 is 2.03 bits per heavy atom. The molecule has 6 heteroatoms. The minimum absolute atomic E-state index is 0.306. The molecular weight excluding hydrogens is 378 g/mol. The number of aliphatic hydroxyl groups excluding tert-OH is 1. The third-order valence-electron chi connectivity index (χ3n) is 5.39. The molecule has 0 unspecified atom stereocenters. The van der Waals surface area contributed by atoms with Gasteiger partial charge in [0.1, 0.15) is 5.69 Å². The number of nitrogens with zero attached hydrogens (tertiary/aromatic N) is 3. The highest BCUT2D eigenvalue weighted by Gasteiger charge is 2.26. The first-order valence-corrected chi connectivity index (χ1v) is 11.1. The van der Waals surface area contributed by atoms with Crippen LogP contribution in [0.1, 0.15) is 38.2 Å². The van der Waals surface area contributed by atoms with E-state index in [2.05, 4.69) is 40.6 Å². The van der Waals surface area contributed by atoms with Crippen LogP contribution in [0.4, 0.5) is 5.88 Å². The van der Waals surface area contributed by atoms with E-state index in [4.69, 9.17) is 9.26 Å². The van der Waals surface area contributed by atoms with Gasteiger partial charge >= 0.3 is 0 Å². The molecule has 164 valence electrons. The summed E-state index contributed by atoms with van der Waals surface area (Å²) in [5, 5.41) is 14.9. The van der Waals surface area contributed by atoms with Gasteiger partial charge in [-0.2, -0.15) is 0 Å². The van der Waals surface area contributed by atoms with E-state index in [1.165, 1.54) is 19.3 Å². The molecule has 0 amide bonds. The Morgan fingerprint density at radius 3 is 2.73 bits per heavy atom. The van der Waals surface area contributed by atoms with Gasteiger partial charge in [0, 0.05) is 31.7 Å². The van der Waals surface area contributed by atoms with Crippen molar-refractivity contribution in [2.45, 2.75) is 45.3 Å². The third-order valence-corrected chi connectivity index (χ3v) is 5.39. The first-order valence-electron chi connectivity index (χ1n) is 11.1. The number of rotatable bonds is 12. The highest BCUT2D eigenvalue weighted by molar-refractivity contribution is 5.68. The predicted octanol–water partition coefficient (Wildman–Crippen LogP) is 4.11. The van der Waals surface area contributed by atoms with Crippen LogP contribution >= 0.6 is 0 Å². The summed E-state index contributed by atoms with van der Waals surface area (Å²) in [6.07, 6.45) is 5.79. The number of aromatic nitrogens is 1. The monoisotopic (exact) mass is 413 g/mol. The molecule has 6 nitrogen and oxygen atoms in total. The first-order chi connectivity index (χ1) is 14.7. The summed E-state index contributed by atoms with van der Waals surface area (Å²) in [6, 6.07) is 10.2. The van der Waals surface area contributed by atoms with E-state index in [1.807, 2.05) is 18.2 Å². The molecule has 1 atom stereocenters.